The summed E-state index contributed by atoms with van der Waals surface area (Å²) in [7, 11) is 0. The first kappa shape index (κ1) is 19.6. The minimum Gasteiger partial charge on any atom is -0.354 e. The molecule has 31 heavy (non-hydrogen) atoms. The zero-order valence-electron chi connectivity index (χ0n) is 18.3. The number of nitrogens with zero attached hydrogens (tertiary/aromatic N) is 6. The van der Waals surface area contributed by atoms with Crippen molar-refractivity contribution in [3.05, 3.63) is 35.0 Å². The molecule has 0 amide bonds. The molecular weight excluding hydrogens is 404 g/mol. The summed E-state index contributed by atoms with van der Waals surface area (Å²) in [6, 6.07) is 4.68. The Hall–Kier alpha value is -2.09. The van der Waals surface area contributed by atoms with Gasteiger partial charge in [-0.1, -0.05) is 6.92 Å². The summed E-state index contributed by atoms with van der Waals surface area (Å²) in [4.78, 5) is 25.0. The van der Waals surface area contributed by atoms with Crippen molar-refractivity contribution in [2.75, 3.05) is 50.7 Å². The predicted molar refractivity (Wildman–Crippen MR) is 127 cm³/mol. The molecule has 0 aromatic carbocycles. The lowest BCUT2D eigenvalue weighted by atomic mass is 10.1. The molecular formula is C24H30N6S. The molecule has 3 aromatic heterocycles. The number of anilines is 1. The highest BCUT2D eigenvalue weighted by atomic mass is 32.1. The number of rotatable bonds is 4. The van der Waals surface area contributed by atoms with Crippen LogP contribution in [-0.2, 0) is 12.8 Å². The van der Waals surface area contributed by atoms with Crippen molar-refractivity contribution in [3.8, 4) is 11.4 Å². The van der Waals surface area contributed by atoms with Gasteiger partial charge in [-0.05, 0) is 49.9 Å². The molecule has 0 N–H and O–H groups in total. The van der Waals surface area contributed by atoms with E-state index in [0.29, 0.717) is 6.04 Å². The third kappa shape index (κ3) is 3.52. The van der Waals surface area contributed by atoms with Crippen molar-refractivity contribution in [3.63, 3.8) is 0 Å². The molecule has 3 aliphatic rings. The monoisotopic (exact) mass is 434 g/mol. The van der Waals surface area contributed by atoms with Crippen LogP contribution in [0.5, 0.6) is 0 Å². The van der Waals surface area contributed by atoms with Gasteiger partial charge in [-0.15, -0.1) is 11.3 Å². The lowest BCUT2D eigenvalue weighted by Crippen LogP contribution is -2.50. The van der Waals surface area contributed by atoms with Crippen molar-refractivity contribution < 1.29 is 0 Å². The van der Waals surface area contributed by atoms with Crippen molar-refractivity contribution in [1.29, 1.82) is 0 Å². The van der Waals surface area contributed by atoms with E-state index in [1.165, 1.54) is 74.2 Å². The van der Waals surface area contributed by atoms with Crippen molar-refractivity contribution in [2.45, 2.75) is 38.6 Å². The number of likely N-dealkylation sites (N-methyl/N-ethyl adjacent to an activating group) is 1. The number of piperazine rings is 1. The summed E-state index contributed by atoms with van der Waals surface area (Å²) in [5.74, 6) is 1.98. The van der Waals surface area contributed by atoms with Crippen LogP contribution in [0.2, 0.25) is 0 Å². The summed E-state index contributed by atoms with van der Waals surface area (Å²) < 4.78 is 0. The SMILES string of the molecule is CCN1CCN(C2CCN(c3nc(-c4cccnc4)nc4sc5c(c34)CCC5)C2)CC1. The lowest BCUT2D eigenvalue weighted by molar-refractivity contribution is 0.107. The number of hydrogen-bond acceptors (Lipinski definition) is 7. The number of thiophene rings is 1. The summed E-state index contributed by atoms with van der Waals surface area (Å²) in [6.07, 6.45) is 8.56. The maximum Gasteiger partial charge on any atom is 0.164 e. The minimum atomic E-state index is 0.637. The fraction of sp³-hybridized carbons (Fsp3) is 0.542. The highest BCUT2D eigenvalue weighted by molar-refractivity contribution is 7.19. The maximum atomic E-state index is 5.16. The zero-order valence-corrected chi connectivity index (χ0v) is 19.1. The Labute approximate surface area is 187 Å². The Morgan fingerprint density at radius 1 is 1.10 bits per heavy atom. The second kappa shape index (κ2) is 8.11. The highest BCUT2D eigenvalue weighted by Gasteiger charge is 2.33. The van der Waals surface area contributed by atoms with E-state index >= 15 is 0 Å². The number of aromatic nitrogens is 3. The molecule has 0 radical (unpaired) electrons. The Morgan fingerprint density at radius 2 is 2.00 bits per heavy atom. The smallest absolute Gasteiger partial charge is 0.164 e. The van der Waals surface area contributed by atoms with E-state index < -0.39 is 0 Å². The van der Waals surface area contributed by atoms with Crippen LogP contribution in [0.25, 0.3) is 21.6 Å². The molecule has 3 aromatic rings. The Bertz CT molecular complexity index is 1070. The van der Waals surface area contributed by atoms with Gasteiger partial charge in [0.15, 0.2) is 5.82 Å². The second-order valence-corrected chi connectivity index (χ2v) is 10.1. The molecule has 5 heterocycles. The van der Waals surface area contributed by atoms with Crippen LogP contribution in [0.15, 0.2) is 24.5 Å². The topological polar surface area (TPSA) is 48.4 Å². The number of fused-ring (bicyclic) bond motifs is 3. The van der Waals surface area contributed by atoms with E-state index in [4.69, 9.17) is 9.97 Å². The van der Waals surface area contributed by atoms with Gasteiger partial charge in [0, 0.05) is 68.1 Å². The fourth-order valence-electron chi connectivity index (χ4n) is 5.51. The maximum absolute atomic E-state index is 5.16. The molecule has 0 spiro atoms. The third-order valence-electron chi connectivity index (χ3n) is 7.30. The lowest BCUT2D eigenvalue weighted by Gasteiger charge is -2.37. The second-order valence-electron chi connectivity index (χ2n) is 9.01. The van der Waals surface area contributed by atoms with Crippen LogP contribution in [0.1, 0.15) is 30.2 Å². The highest BCUT2D eigenvalue weighted by Crippen LogP contribution is 2.42. The van der Waals surface area contributed by atoms with Gasteiger partial charge in [0.25, 0.3) is 0 Å². The van der Waals surface area contributed by atoms with Crippen LogP contribution < -0.4 is 4.90 Å². The van der Waals surface area contributed by atoms with Crippen LogP contribution in [0.3, 0.4) is 0 Å². The van der Waals surface area contributed by atoms with Gasteiger partial charge in [-0.25, -0.2) is 9.97 Å². The van der Waals surface area contributed by atoms with Crippen molar-refractivity contribution in [1.82, 2.24) is 24.8 Å². The first-order valence-corrected chi connectivity index (χ1v) is 12.6. The Morgan fingerprint density at radius 3 is 2.81 bits per heavy atom. The third-order valence-corrected chi connectivity index (χ3v) is 8.48. The zero-order chi connectivity index (χ0) is 20.8. The van der Waals surface area contributed by atoms with Crippen LogP contribution in [-0.4, -0.2) is 76.6 Å². The van der Waals surface area contributed by atoms with Gasteiger partial charge < -0.3 is 9.80 Å². The number of pyridine rings is 1. The van der Waals surface area contributed by atoms with E-state index in [9.17, 15) is 0 Å². The van der Waals surface area contributed by atoms with Gasteiger partial charge >= 0.3 is 0 Å². The Kier molecular flexibility index (Phi) is 5.13. The first-order chi connectivity index (χ1) is 15.3. The van der Waals surface area contributed by atoms with Crippen molar-refractivity contribution >= 4 is 27.4 Å². The molecule has 6 rings (SSSR count). The van der Waals surface area contributed by atoms with Crippen molar-refractivity contribution in [2.24, 2.45) is 0 Å². The summed E-state index contributed by atoms with van der Waals surface area (Å²) in [5, 5.41) is 1.33. The molecule has 6 nitrogen and oxygen atoms in total. The average Bonchev–Trinajstić information content (AvgIpc) is 3.55. The van der Waals surface area contributed by atoms with Crippen LogP contribution >= 0.6 is 11.3 Å². The van der Waals surface area contributed by atoms with E-state index in [1.54, 1.807) is 0 Å². The number of aryl methyl sites for hydroxylation is 2. The van der Waals surface area contributed by atoms with Gasteiger partial charge in [0.1, 0.15) is 10.6 Å². The van der Waals surface area contributed by atoms with E-state index in [-0.39, 0.29) is 0 Å². The molecule has 1 aliphatic carbocycles. The molecule has 0 bridgehead atoms. The van der Waals surface area contributed by atoms with Gasteiger partial charge in [-0.2, -0.15) is 0 Å². The van der Waals surface area contributed by atoms with Crippen LogP contribution in [0, 0.1) is 0 Å². The number of hydrogen-bond donors (Lipinski definition) is 0. The minimum absolute atomic E-state index is 0.637. The van der Waals surface area contributed by atoms with Crippen LogP contribution in [0.4, 0.5) is 5.82 Å². The molecule has 1 atom stereocenters. The molecule has 2 aliphatic heterocycles. The summed E-state index contributed by atoms with van der Waals surface area (Å²) in [5.41, 5.74) is 2.53. The predicted octanol–water partition coefficient (Wildman–Crippen LogP) is 3.46. The standard InChI is InChI=1S/C24H30N6S/c1-2-28-11-13-29(14-12-28)18-8-10-30(16-18)23-21-19-6-3-7-20(19)31-24(21)27-22(26-23)17-5-4-9-25-15-17/h4-5,9,15,18H,2-3,6-8,10-14,16H2,1H3. The summed E-state index contributed by atoms with van der Waals surface area (Å²) in [6.45, 7) is 10.4. The first-order valence-electron chi connectivity index (χ1n) is 11.7. The molecule has 7 heteroatoms. The largest absolute Gasteiger partial charge is 0.354 e. The quantitative estimate of drug-likeness (QED) is 0.627. The van der Waals surface area contributed by atoms with E-state index in [1.807, 2.05) is 29.8 Å². The molecule has 1 unspecified atom stereocenters. The molecule has 0 saturated carbocycles. The van der Waals surface area contributed by atoms with E-state index in [0.717, 1.165) is 35.1 Å². The van der Waals surface area contributed by atoms with Gasteiger partial charge in [0.2, 0.25) is 0 Å². The molecule has 162 valence electrons. The average molecular weight is 435 g/mol. The fourth-order valence-corrected chi connectivity index (χ4v) is 6.76. The Balaban J connectivity index is 1.34. The van der Waals surface area contributed by atoms with E-state index in [2.05, 4.69) is 32.7 Å². The summed E-state index contributed by atoms with van der Waals surface area (Å²) >= 11 is 1.89. The molecule has 2 fully saturated rings. The van der Waals surface area contributed by atoms with Gasteiger partial charge in [-0.3, -0.25) is 9.88 Å². The normalized spacial score (nSPS) is 22.5. The van der Waals surface area contributed by atoms with Gasteiger partial charge in [0.05, 0.1) is 5.39 Å². The molecule has 2 saturated heterocycles.